The van der Waals surface area contributed by atoms with Crippen LogP contribution in [0.25, 0.3) is 0 Å². The van der Waals surface area contributed by atoms with Gasteiger partial charge >= 0.3 is 12.1 Å². The number of carbonyl (C=O) groups is 2. The second-order valence-electron chi connectivity index (χ2n) is 10.3. The number of hydrogen-bond acceptors (Lipinski definition) is 4. The van der Waals surface area contributed by atoms with Crippen molar-refractivity contribution in [1.82, 2.24) is 15.5 Å². The van der Waals surface area contributed by atoms with E-state index < -0.39 is 23.4 Å². The maximum absolute atomic E-state index is 15.0. The van der Waals surface area contributed by atoms with Gasteiger partial charge in [-0.1, -0.05) is 55.8 Å². The number of piperidine rings is 1. The minimum absolute atomic E-state index is 0.0760. The number of aliphatic hydroxyl groups is 1. The van der Waals surface area contributed by atoms with Crippen molar-refractivity contribution in [3.05, 3.63) is 34.6 Å². The first kappa shape index (κ1) is 28.5. The topological polar surface area (TPSA) is 128 Å². The monoisotopic (exact) mass is 526 g/mol. The average molecular weight is 527 g/mol. The molecule has 1 saturated carbocycles. The fourth-order valence-electron chi connectivity index (χ4n) is 5.77. The first-order valence-corrected chi connectivity index (χ1v) is 13.5. The molecule has 0 bridgehead atoms. The van der Waals surface area contributed by atoms with Crippen molar-refractivity contribution in [2.75, 3.05) is 26.2 Å². The molecule has 8 nitrogen and oxygen atoms in total. The lowest BCUT2D eigenvalue weighted by Gasteiger charge is -2.43. The Balaban J connectivity index is 1.64. The molecule has 1 aliphatic carbocycles. The zero-order valence-electron chi connectivity index (χ0n) is 20.9. The summed E-state index contributed by atoms with van der Waals surface area (Å²) in [5.74, 6) is -0.503. The van der Waals surface area contributed by atoms with Gasteiger partial charge in [0.15, 0.2) is 0 Å². The number of urea groups is 1. The molecule has 0 unspecified atom stereocenters. The fraction of sp³-hybridized carbons (Fsp3) is 0.692. The van der Waals surface area contributed by atoms with Crippen LogP contribution in [-0.4, -0.2) is 59.5 Å². The van der Waals surface area contributed by atoms with Crippen molar-refractivity contribution in [3.8, 4) is 0 Å². The normalized spacial score (nSPS) is 21.4. The van der Waals surface area contributed by atoms with E-state index in [1.54, 1.807) is 11.0 Å². The van der Waals surface area contributed by atoms with Crippen LogP contribution in [0.2, 0.25) is 5.02 Å². The van der Waals surface area contributed by atoms with Crippen LogP contribution in [0.3, 0.4) is 0 Å². The van der Waals surface area contributed by atoms with E-state index in [0.717, 1.165) is 6.42 Å². The Bertz CT molecular complexity index is 886. The molecule has 6 N–H and O–H groups in total. The van der Waals surface area contributed by atoms with Gasteiger partial charge in [-0.25, -0.2) is 14.0 Å². The molecule has 0 spiro atoms. The van der Waals surface area contributed by atoms with Gasteiger partial charge in [0, 0.05) is 43.7 Å². The molecule has 36 heavy (non-hydrogen) atoms. The molecule has 0 radical (unpaired) electrons. The molecule has 202 valence electrons. The number of halogens is 2. The third-order valence-corrected chi connectivity index (χ3v) is 7.98. The summed E-state index contributed by atoms with van der Waals surface area (Å²) >= 11 is 6.02. The van der Waals surface area contributed by atoms with Crippen LogP contribution in [0.15, 0.2) is 18.2 Å². The Morgan fingerprint density at radius 3 is 2.67 bits per heavy atom. The molecule has 3 atom stereocenters. The number of likely N-dealkylation sites (tertiary alicyclic amines) is 1. The molecule has 1 aliphatic heterocycles. The third kappa shape index (κ3) is 7.70. The number of benzene rings is 1. The van der Waals surface area contributed by atoms with Gasteiger partial charge in [0.05, 0.1) is 10.6 Å². The lowest BCUT2D eigenvalue weighted by molar-refractivity contribution is -0.0575. The molecule has 2 aliphatic rings. The highest BCUT2D eigenvalue weighted by atomic mass is 35.5. The van der Waals surface area contributed by atoms with E-state index in [1.165, 1.54) is 44.2 Å². The summed E-state index contributed by atoms with van der Waals surface area (Å²) < 4.78 is 15.0. The van der Waals surface area contributed by atoms with Crippen molar-refractivity contribution in [1.29, 1.82) is 0 Å². The Morgan fingerprint density at radius 1 is 1.19 bits per heavy atom. The number of nitrogens with zero attached hydrogens (tertiary/aromatic N) is 1. The maximum atomic E-state index is 15.0. The van der Waals surface area contributed by atoms with Gasteiger partial charge in [-0.05, 0) is 44.1 Å². The summed E-state index contributed by atoms with van der Waals surface area (Å²) in [4.78, 5) is 25.4. The number of rotatable bonds is 10. The van der Waals surface area contributed by atoms with E-state index in [2.05, 4.69) is 10.6 Å². The van der Waals surface area contributed by atoms with Crippen molar-refractivity contribution in [3.63, 3.8) is 0 Å². The number of hydrogen-bond donors (Lipinski definition) is 5. The summed E-state index contributed by atoms with van der Waals surface area (Å²) in [7, 11) is 0. The predicted octanol–water partition coefficient (Wildman–Crippen LogP) is 4.43. The van der Waals surface area contributed by atoms with E-state index in [0.29, 0.717) is 38.3 Å². The highest BCUT2D eigenvalue weighted by molar-refractivity contribution is 6.30. The fourth-order valence-corrected chi connectivity index (χ4v) is 5.94. The summed E-state index contributed by atoms with van der Waals surface area (Å²) in [5, 5.41) is 25.8. The lowest BCUT2D eigenvalue weighted by atomic mass is 9.74. The van der Waals surface area contributed by atoms with Gasteiger partial charge in [-0.2, -0.15) is 0 Å². The predicted molar refractivity (Wildman–Crippen MR) is 137 cm³/mol. The van der Waals surface area contributed by atoms with E-state index in [4.69, 9.17) is 22.4 Å². The van der Waals surface area contributed by atoms with Crippen molar-refractivity contribution < 1.29 is 24.2 Å². The highest BCUT2D eigenvalue weighted by Gasteiger charge is 2.43. The largest absolute Gasteiger partial charge is 0.465 e. The molecule has 3 amide bonds. The second kappa shape index (κ2) is 13.4. The molecule has 10 heteroatoms. The van der Waals surface area contributed by atoms with E-state index in [9.17, 15) is 14.7 Å². The highest BCUT2D eigenvalue weighted by Crippen LogP contribution is 2.41. The number of nitrogens with two attached hydrogens (primary N) is 1. The van der Waals surface area contributed by atoms with Gasteiger partial charge in [0.25, 0.3) is 0 Å². The van der Waals surface area contributed by atoms with Crippen LogP contribution in [0.1, 0.15) is 69.8 Å². The van der Waals surface area contributed by atoms with Gasteiger partial charge in [0.2, 0.25) is 0 Å². The summed E-state index contributed by atoms with van der Waals surface area (Å²) in [6.07, 6.45) is 7.62. The number of nitrogens with one attached hydrogen (secondary N) is 2. The molecule has 1 aromatic carbocycles. The lowest BCUT2D eigenvalue weighted by Crippen LogP contribution is -2.52. The van der Waals surface area contributed by atoms with Crippen LogP contribution in [-0.2, 0) is 5.60 Å². The number of amides is 3. The molecule has 1 saturated heterocycles. The third-order valence-electron chi connectivity index (χ3n) is 7.69. The zero-order chi connectivity index (χ0) is 26.1. The van der Waals surface area contributed by atoms with Gasteiger partial charge in [-0.15, -0.1) is 0 Å². The Kier molecular flexibility index (Phi) is 10.6. The quantitative estimate of drug-likeness (QED) is 0.288. The molecule has 1 aromatic rings. The van der Waals surface area contributed by atoms with Gasteiger partial charge in [-0.3, -0.25) is 0 Å². The molecule has 1 heterocycles. The Labute approximate surface area is 217 Å². The standard InChI is InChI=1S/C26H40ClFN4O4/c27-22-11-4-10-21(23(22)28)26(36,12-6-13-30-25(34)35)19-9-5-14-32(17-19)24(33)31-16-20(29)15-18-7-2-1-3-8-18/h4,10-11,18-20,30,36H,1-3,5-9,12-17,29H2,(H,31,33)(H,34,35)/t19-,20+,26+/m1/s1. The summed E-state index contributed by atoms with van der Waals surface area (Å²) in [6.45, 7) is 1.30. The molecular weight excluding hydrogens is 487 g/mol. The van der Waals surface area contributed by atoms with Crippen molar-refractivity contribution >= 4 is 23.7 Å². The number of carboxylic acid groups (broad SMARTS) is 1. The van der Waals surface area contributed by atoms with Crippen molar-refractivity contribution in [2.45, 2.75) is 75.9 Å². The van der Waals surface area contributed by atoms with E-state index in [1.807, 2.05) is 0 Å². The molecular formula is C26H40ClFN4O4. The van der Waals surface area contributed by atoms with Crippen LogP contribution in [0, 0.1) is 17.7 Å². The van der Waals surface area contributed by atoms with Crippen LogP contribution in [0.4, 0.5) is 14.0 Å². The second-order valence-corrected chi connectivity index (χ2v) is 10.7. The van der Waals surface area contributed by atoms with Gasteiger partial charge < -0.3 is 31.5 Å². The van der Waals surface area contributed by atoms with Gasteiger partial charge in [0.1, 0.15) is 5.82 Å². The Hall–Kier alpha value is -2.10. The molecule has 3 rings (SSSR count). The average Bonchev–Trinajstić information content (AvgIpc) is 2.87. The van der Waals surface area contributed by atoms with E-state index >= 15 is 4.39 Å². The maximum Gasteiger partial charge on any atom is 0.404 e. The SMILES string of the molecule is N[C@H](CNC(=O)N1CCC[C@@H]([C@@](O)(CCCNC(=O)O)c2cccc(Cl)c2F)C1)CC1CCCCC1. The minimum Gasteiger partial charge on any atom is -0.465 e. The zero-order valence-corrected chi connectivity index (χ0v) is 21.6. The Morgan fingerprint density at radius 2 is 1.94 bits per heavy atom. The summed E-state index contributed by atoms with van der Waals surface area (Å²) in [6, 6.07) is 4.18. The first-order chi connectivity index (χ1) is 17.2. The smallest absolute Gasteiger partial charge is 0.404 e. The number of carbonyl (C=O) groups excluding carboxylic acids is 1. The molecule has 0 aromatic heterocycles. The van der Waals surface area contributed by atoms with E-state index in [-0.39, 0.29) is 42.2 Å². The first-order valence-electron chi connectivity index (χ1n) is 13.1. The molecule has 2 fully saturated rings. The summed E-state index contributed by atoms with van der Waals surface area (Å²) in [5.41, 5.74) is 4.77. The van der Waals surface area contributed by atoms with Crippen molar-refractivity contribution in [2.24, 2.45) is 17.6 Å². The van der Waals surface area contributed by atoms with Crippen LogP contribution < -0.4 is 16.4 Å². The minimum atomic E-state index is -1.61. The van der Waals surface area contributed by atoms with Crippen LogP contribution >= 0.6 is 11.6 Å². The van der Waals surface area contributed by atoms with Crippen LogP contribution in [0.5, 0.6) is 0 Å².